The molecular formula is C6H6O3. The second-order valence-corrected chi connectivity index (χ2v) is 1.36. The van der Waals surface area contributed by atoms with Crippen LogP contribution in [0.15, 0.2) is 35.5 Å². The molecule has 1 N–H and O–H groups in total. The number of rotatable bonds is 2. The standard InChI is InChI=1S/C6H6O3/c7-2-4-9-6-1-3-8-5-6/h1-5,7H/b4-2+. The Labute approximate surface area is 52.2 Å². The summed E-state index contributed by atoms with van der Waals surface area (Å²) in [6.45, 7) is 0. The molecule has 0 aromatic carbocycles. The van der Waals surface area contributed by atoms with E-state index in [1.807, 2.05) is 0 Å². The van der Waals surface area contributed by atoms with Crippen LogP contribution in [0.25, 0.3) is 0 Å². The molecule has 1 rings (SSSR count). The highest BCUT2D eigenvalue weighted by molar-refractivity contribution is 5.13. The smallest absolute Gasteiger partial charge is 0.164 e. The summed E-state index contributed by atoms with van der Waals surface area (Å²) in [5.74, 6) is 0.570. The second-order valence-electron chi connectivity index (χ2n) is 1.36. The van der Waals surface area contributed by atoms with Crippen LogP contribution < -0.4 is 4.74 Å². The molecule has 9 heavy (non-hydrogen) atoms. The Bertz CT molecular complexity index is 176. The predicted molar refractivity (Wildman–Crippen MR) is 31.1 cm³/mol. The Hall–Kier alpha value is -1.38. The Morgan fingerprint density at radius 2 is 2.56 bits per heavy atom. The zero-order valence-electron chi connectivity index (χ0n) is 4.65. The molecule has 0 aliphatic carbocycles. The van der Waals surface area contributed by atoms with Crippen LogP contribution in [0.2, 0.25) is 0 Å². The van der Waals surface area contributed by atoms with E-state index in [1.54, 1.807) is 6.07 Å². The summed E-state index contributed by atoms with van der Waals surface area (Å²) in [4.78, 5) is 0. The minimum Gasteiger partial charge on any atom is -0.512 e. The molecule has 0 fully saturated rings. The normalized spacial score (nSPS) is 10.2. The highest BCUT2D eigenvalue weighted by atomic mass is 16.5. The van der Waals surface area contributed by atoms with E-state index in [2.05, 4.69) is 4.42 Å². The van der Waals surface area contributed by atoms with Gasteiger partial charge in [-0.2, -0.15) is 0 Å². The predicted octanol–water partition coefficient (Wildman–Crippen LogP) is 1.69. The second kappa shape index (κ2) is 2.81. The molecule has 0 atom stereocenters. The van der Waals surface area contributed by atoms with Gasteiger partial charge in [-0.3, -0.25) is 0 Å². The molecule has 1 aromatic heterocycles. The van der Waals surface area contributed by atoms with Crippen molar-refractivity contribution >= 4 is 0 Å². The lowest BCUT2D eigenvalue weighted by Crippen LogP contribution is -1.75. The first-order chi connectivity index (χ1) is 4.43. The molecular weight excluding hydrogens is 120 g/mol. The summed E-state index contributed by atoms with van der Waals surface area (Å²) in [6, 6.07) is 1.64. The van der Waals surface area contributed by atoms with Crippen LogP contribution in [0.1, 0.15) is 0 Å². The Balaban J connectivity index is 2.48. The third-order valence-electron chi connectivity index (χ3n) is 0.760. The van der Waals surface area contributed by atoms with Crippen LogP contribution in [-0.4, -0.2) is 5.11 Å². The summed E-state index contributed by atoms with van der Waals surface area (Å²) < 4.78 is 9.44. The van der Waals surface area contributed by atoms with E-state index >= 15 is 0 Å². The fourth-order valence-corrected chi connectivity index (χ4v) is 0.428. The Kier molecular flexibility index (Phi) is 1.80. The van der Waals surface area contributed by atoms with Gasteiger partial charge in [-0.15, -0.1) is 0 Å². The van der Waals surface area contributed by atoms with Crippen molar-refractivity contribution < 1.29 is 14.3 Å². The Morgan fingerprint density at radius 3 is 3.11 bits per heavy atom. The fourth-order valence-electron chi connectivity index (χ4n) is 0.428. The molecule has 3 nitrogen and oxygen atoms in total. The molecule has 0 spiro atoms. The zero-order valence-corrected chi connectivity index (χ0v) is 4.65. The SMILES string of the molecule is O/C=C/Oc1ccoc1. The van der Waals surface area contributed by atoms with Gasteiger partial charge >= 0.3 is 0 Å². The van der Waals surface area contributed by atoms with E-state index in [0.29, 0.717) is 5.75 Å². The fraction of sp³-hybridized carbons (Fsp3) is 0. The van der Waals surface area contributed by atoms with E-state index < -0.39 is 0 Å². The van der Waals surface area contributed by atoms with E-state index in [1.165, 1.54) is 12.5 Å². The average Bonchev–Trinajstić information content (AvgIpc) is 2.34. The van der Waals surface area contributed by atoms with Gasteiger partial charge in [0.1, 0.15) is 18.8 Å². The van der Waals surface area contributed by atoms with Crippen LogP contribution in [0.4, 0.5) is 0 Å². The van der Waals surface area contributed by atoms with Crippen molar-refractivity contribution in [1.82, 2.24) is 0 Å². The summed E-state index contributed by atoms with van der Waals surface area (Å²) >= 11 is 0. The van der Waals surface area contributed by atoms with Gasteiger partial charge in [-0.1, -0.05) is 0 Å². The van der Waals surface area contributed by atoms with Crippen molar-refractivity contribution in [2.75, 3.05) is 0 Å². The maximum absolute atomic E-state index is 8.13. The number of aliphatic hydroxyl groups is 1. The monoisotopic (exact) mass is 126 g/mol. The maximum atomic E-state index is 8.13. The maximum Gasteiger partial charge on any atom is 0.164 e. The van der Waals surface area contributed by atoms with Gasteiger partial charge in [0.2, 0.25) is 0 Å². The van der Waals surface area contributed by atoms with Gasteiger partial charge in [-0.25, -0.2) is 0 Å². The van der Waals surface area contributed by atoms with Crippen molar-refractivity contribution in [3.05, 3.63) is 31.1 Å². The van der Waals surface area contributed by atoms with Gasteiger partial charge in [0.05, 0.1) is 6.26 Å². The molecule has 0 saturated heterocycles. The van der Waals surface area contributed by atoms with E-state index in [-0.39, 0.29) is 0 Å². The molecule has 48 valence electrons. The average molecular weight is 126 g/mol. The molecule has 0 radical (unpaired) electrons. The van der Waals surface area contributed by atoms with E-state index in [9.17, 15) is 0 Å². The molecule has 1 heterocycles. The number of hydrogen-bond acceptors (Lipinski definition) is 3. The van der Waals surface area contributed by atoms with E-state index in [0.717, 1.165) is 12.5 Å². The van der Waals surface area contributed by atoms with Gasteiger partial charge in [-0.05, 0) is 0 Å². The van der Waals surface area contributed by atoms with Gasteiger partial charge in [0, 0.05) is 6.07 Å². The van der Waals surface area contributed by atoms with E-state index in [4.69, 9.17) is 9.84 Å². The first kappa shape index (κ1) is 5.75. The lowest BCUT2D eigenvalue weighted by Gasteiger charge is -1.88. The highest BCUT2D eigenvalue weighted by Gasteiger charge is 1.87. The largest absolute Gasteiger partial charge is 0.512 e. The van der Waals surface area contributed by atoms with Crippen molar-refractivity contribution in [2.45, 2.75) is 0 Å². The minimum atomic E-state index is 0.570. The number of aliphatic hydroxyl groups excluding tert-OH is 1. The molecule has 0 amide bonds. The lowest BCUT2D eigenvalue weighted by molar-refractivity contribution is 0.410. The number of furan rings is 1. The quantitative estimate of drug-likeness (QED) is 0.613. The summed E-state index contributed by atoms with van der Waals surface area (Å²) in [5, 5.41) is 8.13. The Morgan fingerprint density at radius 1 is 1.67 bits per heavy atom. The van der Waals surface area contributed by atoms with Gasteiger partial charge < -0.3 is 14.3 Å². The lowest BCUT2D eigenvalue weighted by atomic mass is 10.6. The van der Waals surface area contributed by atoms with Crippen molar-refractivity contribution in [3.63, 3.8) is 0 Å². The molecule has 0 aliphatic heterocycles. The van der Waals surface area contributed by atoms with Gasteiger partial charge in [0.15, 0.2) is 5.75 Å². The van der Waals surface area contributed by atoms with Crippen LogP contribution in [0.5, 0.6) is 5.75 Å². The van der Waals surface area contributed by atoms with Crippen molar-refractivity contribution in [3.8, 4) is 5.75 Å². The molecule has 0 unspecified atom stereocenters. The molecule has 3 heteroatoms. The van der Waals surface area contributed by atoms with Crippen molar-refractivity contribution in [2.24, 2.45) is 0 Å². The molecule has 0 saturated carbocycles. The first-order valence-corrected chi connectivity index (χ1v) is 2.41. The summed E-state index contributed by atoms with van der Waals surface area (Å²) in [6.07, 6.45) is 4.89. The van der Waals surface area contributed by atoms with Crippen molar-refractivity contribution in [1.29, 1.82) is 0 Å². The summed E-state index contributed by atoms with van der Waals surface area (Å²) in [5.41, 5.74) is 0. The first-order valence-electron chi connectivity index (χ1n) is 2.41. The van der Waals surface area contributed by atoms with Crippen LogP contribution in [-0.2, 0) is 0 Å². The molecule has 0 bridgehead atoms. The van der Waals surface area contributed by atoms with Gasteiger partial charge in [0.25, 0.3) is 0 Å². The van der Waals surface area contributed by atoms with Crippen LogP contribution in [0.3, 0.4) is 0 Å². The topological polar surface area (TPSA) is 42.6 Å². The summed E-state index contributed by atoms with van der Waals surface area (Å²) in [7, 11) is 0. The third-order valence-corrected chi connectivity index (χ3v) is 0.760. The number of hydrogen-bond donors (Lipinski definition) is 1. The third kappa shape index (κ3) is 1.53. The zero-order chi connectivity index (χ0) is 6.53. The van der Waals surface area contributed by atoms with Crippen LogP contribution >= 0.6 is 0 Å². The minimum absolute atomic E-state index is 0.570. The molecule has 0 aliphatic rings. The number of ether oxygens (including phenoxy) is 1. The molecule has 1 aromatic rings. The highest BCUT2D eigenvalue weighted by Crippen LogP contribution is 2.09. The van der Waals surface area contributed by atoms with Crippen LogP contribution in [0, 0.1) is 0 Å².